The van der Waals surface area contributed by atoms with Crippen LogP contribution in [0, 0.1) is 5.92 Å². The molecule has 0 bridgehead atoms. The molecular formula is C12H20ClN3OS. The Bertz CT molecular complexity index is 358. The van der Waals surface area contributed by atoms with Crippen LogP contribution in [0.4, 0.5) is 0 Å². The molecule has 0 aromatic carbocycles. The van der Waals surface area contributed by atoms with Crippen molar-refractivity contribution < 1.29 is 4.79 Å². The summed E-state index contributed by atoms with van der Waals surface area (Å²) in [6.07, 6.45) is 1.12. The van der Waals surface area contributed by atoms with Gasteiger partial charge in [0.25, 0.3) is 0 Å². The number of nitrogens with two attached hydrogens (primary N) is 1. The van der Waals surface area contributed by atoms with Crippen molar-refractivity contribution in [1.82, 2.24) is 10.2 Å². The number of halogens is 1. The van der Waals surface area contributed by atoms with Gasteiger partial charge in [0.05, 0.1) is 13.1 Å². The number of hydrogen-bond acceptors (Lipinski definition) is 4. The van der Waals surface area contributed by atoms with Crippen LogP contribution in [-0.2, 0) is 11.3 Å². The molecule has 4 nitrogen and oxygen atoms in total. The lowest BCUT2D eigenvalue weighted by atomic mass is 10.1. The molecule has 2 rings (SSSR count). The molecule has 1 fully saturated rings. The highest BCUT2D eigenvalue weighted by Crippen LogP contribution is 2.14. The molecule has 6 heteroatoms. The molecular weight excluding hydrogens is 270 g/mol. The first kappa shape index (κ1) is 15.4. The van der Waals surface area contributed by atoms with Crippen molar-refractivity contribution >= 4 is 29.7 Å². The second kappa shape index (κ2) is 7.74. The van der Waals surface area contributed by atoms with E-state index in [1.165, 1.54) is 4.88 Å². The Kier molecular flexibility index (Phi) is 6.63. The summed E-state index contributed by atoms with van der Waals surface area (Å²) in [6, 6.07) is 4.03. The van der Waals surface area contributed by atoms with Gasteiger partial charge in [0.2, 0.25) is 5.91 Å². The third-order valence-electron chi connectivity index (χ3n) is 3.11. The highest BCUT2D eigenvalue weighted by atomic mass is 35.5. The maximum atomic E-state index is 11.7. The predicted octanol–water partition coefficient (Wildman–Crippen LogP) is 1.07. The zero-order valence-corrected chi connectivity index (χ0v) is 11.9. The van der Waals surface area contributed by atoms with Crippen molar-refractivity contribution in [2.75, 3.05) is 26.2 Å². The Morgan fingerprint density at radius 2 is 2.44 bits per heavy atom. The quantitative estimate of drug-likeness (QED) is 0.852. The fraction of sp³-hybridized carbons (Fsp3) is 0.583. The van der Waals surface area contributed by atoms with Gasteiger partial charge in [0, 0.05) is 11.4 Å². The second-order valence-electron chi connectivity index (χ2n) is 4.48. The largest absolute Gasteiger partial charge is 0.350 e. The van der Waals surface area contributed by atoms with E-state index in [-0.39, 0.29) is 18.3 Å². The van der Waals surface area contributed by atoms with E-state index in [4.69, 9.17) is 5.73 Å². The summed E-state index contributed by atoms with van der Waals surface area (Å²) in [5.41, 5.74) is 5.62. The zero-order valence-electron chi connectivity index (χ0n) is 10.3. The van der Waals surface area contributed by atoms with Gasteiger partial charge in [-0.05, 0) is 36.9 Å². The first-order valence-electron chi connectivity index (χ1n) is 5.99. The molecule has 3 N–H and O–H groups in total. The molecule has 0 radical (unpaired) electrons. The molecule has 1 amide bonds. The first-order valence-corrected chi connectivity index (χ1v) is 6.87. The lowest BCUT2D eigenvalue weighted by molar-refractivity contribution is -0.122. The average Bonchev–Trinajstić information content (AvgIpc) is 2.97. The number of nitrogens with one attached hydrogen (secondary N) is 1. The highest BCUT2D eigenvalue weighted by molar-refractivity contribution is 7.09. The number of hydrogen-bond donors (Lipinski definition) is 2. The van der Waals surface area contributed by atoms with E-state index in [0.717, 1.165) is 26.1 Å². The predicted molar refractivity (Wildman–Crippen MR) is 77.0 cm³/mol. The third kappa shape index (κ3) is 4.57. The average molecular weight is 290 g/mol. The van der Waals surface area contributed by atoms with Crippen molar-refractivity contribution in [3.63, 3.8) is 0 Å². The van der Waals surface area contributed by atoms with Crippen LogP contribution in [0.1, 0.15) is 11.3 Å². The summed E-state index contributed by atoms with van der Waals surface area (Å²) < 4.78 is 0. The Morgan fingerprint density at radius 3 is 3.06 bits per heavy atom. The number of carbonyl (C=O) groups excluding carboxylic acids is 1. The summed E-state index contributed by atoms with van der Waals surface area (Å²) >= 11 is 1.67. The standard InChI is InChI=1S/C12H19N3OS.ClH/c13-6-10-3-4-15(8-10)9-12(16)14-7-11-2-1-5-17-11;/h1-2,5,10H,3-4,6-9,13H2,(H,14,16);1H. The molecule has 1 aliphatic rings. The fourth-order valence-corrected chi connectivity index (χ4v) is 2.75. The monoisotopic (exact) mass is 289 g/mol. The van der Waals surface area contributed by atoms with Crippen LogP contribution in [0.5, 0.6) is 0 Å². The molecule has 102 valence electrons. The minimum absolute atomic E-state index is 0. The lowest BCUT2D eigenvalue weighted by Crippen LogP contribution is -2.36. The van der Waals surface area contributed by atoms with Crippen molar-refractivity contribution in [3.8, 4) is 0 Å². The van der Waals surface area contributed by atoms with Gasteiger partial charge >= 0.3 is 0 Å². The van der Waals surface area contributed by atoms with E-state index < -0.39 is 0 Å². The lowest BCUT2D eigenvalue weighted by Gasteiger charge is -2.14. The second-order valence-corrected chi connectivity index (χ2v) is 5.51. The van der Waals surface area contributed by atoms with E-state index >= 15 is 0 Å². The van der Waals surface area contributed by atoms with Crippen LogP contribution in [0.25, 0.3) is 0 Å². The summed E-state index contributed by atoms with van der Waals surface area (Å²) in [6.45, 7) is 3.83. The topological polar surface area (TPSA) is 58.4 Å². The number of rotatable bonds is 5. The van der Waals surface area contributed by atoms with Crippen molar-refractivity contribution in [2.24, 2.45) is 11.7 Å². The van der Waals surface area contributed by atoms with Crippen LogP contribution in [0.15, 0.2) is 17.5 Å². The molecule has 1 aliphatic heterocycles. The van der Waals surface area contributed by atoms with Gasteiger partial charge in [-0.2, -0.15) is 0 Å². The number of likely N-dealkylation sites (tertiary alicyclic amines) is 1. The normalized spacial score (nSPS) is 19.5. The molecule has 0 saturated carbocycles. The van der Waals surface area contributed by atoms with E-state index in [2.05, 4.69) is 10.2 Å². The van der Waals surface area contributed by atoms with Gasteiger partial charge in [-0.3, -0.25) is 9.69 Å². The van der Waals surface area contributed by atoms with Crippen LogP contribution >= 0.6 is 23.7 Å². The highest BCUT2D eigenvalue weighted by Gasteiger charge is 2.22. The summed E-state index contributed by atoms with van der Waals surface area (Å²) in [4.78, 5) is 15.1. The van der Waals surface area contributed by atoms with Crippen LogP contribution in [-0.4, -0.2) is 37.0 Å². The van der Waals surface area contributed by atoms with Crippen LogP contribution in [0.2, 0.25) is 0 Å². The Balaban J connectivity index is 0.00000162. The minimum Gasteiger partial charge on any atom is -0.350 e. The Hall–Kier alpha value is -0.620. The SMILES string of the molecule is Cl.NCC1CCN(CC(=O)NCc2cccs2)C1. The van der Waals surface area contributed by atoms with Gasteiger partial charge in [-0.1, -0.05) is 6.07 Å². The van der Waals surface area contributed by atoms with E-state index in [9.17, 15) is 4.79 Å². The maximum absolute atomic E-state index is 11.7. The third-order valence-corrected chi connectivity index (χ3v) is 3.99. The number of nitrogens with zero attached hydrogens (tertiary/aromatic N) is 1. The van der Waals surface area contributed by atoms with E-state index in [1.54, 1.807) is 11.3 Å². The molecule has 2 heterocycles. The van der Waals surface area contributed by atoms with Crippen molar-refractivity contribution in [3.05, 3.63) is 22.4 Å². The summed E-state index contributed by atoms with van der Waals surface area (Å²) in [7, 11) is 0. The molecule has 0 spiro atoms. The van der Waals surface area contributed by atoms with E-state index in [1.807, 2.05) is 17.5 Å². The molecule has 1 aromatic heterocycles. The van der Waals surface area contributed by atoms with Gasteiger partial charge in [0.1, 0.15) is 0 Å². The summed E-state index contributed by atoms with van der Waals surface area (Å²) in [5, 5.41) is 4.96. The van der Waals surface area contributed by atoms with E-state index in [0.29, 0.717) is 19.0 Å². The number of carbonyl (C=O) groups is 1. The molecule has 0 aliphatic carbocycles. The minimum atomic E-state index is 0. The molecule has 1 saturated heterocycles. The van der Waals surface area contributed by atoms with Crippen LogP contribution < -0.4 is 11.1 Å². The van der Waals surface area contributed by atoms with Crippen LogP contribution in [0.3, 0.4) is 0 Å². The number of amides is 1. The maximum Gasteiger partial charge on any atom is 0.234 e. The zero-order chi connectivity index (χ0) is 12.1. The van der Waals surface area contributed by atoms with Gasteiger partial charge in [-0.25, -0.2) is 0 Å². The molecule has 18 heavy (non-hydrogen) atoms. The smallest absolute Gasteiger partial charge is 0.234 e. The van der Waals surface area contributed by atoms with Gasteiger partial charge < -0.3 is 11.1 Å². The first-order chi connectivity index (χ1) is 8.28. The fourth-order valence-electron chi connectivity index (χ4n) is 2.11. The van der Waals surface area contributed by atoms with Gasteiger partial charge in [0.15, 0.2) is 0 Å². The van der Waals surface area contributed by atoms with Gasteiger partial charge in [-0.15, -0.1) is 23.7 Å². The molecule has 1 aromatic rings. The Labute approximate surface area is 118 Å². The Morgan fingerprint density at radius 1 is 1.61 bits per heavy atom. The van der Waals surface area contributed by atoms with Crippen molar-refractivity contribution in [1.29, 1.82) is 0 Å². The van der Waals surface area contributed by atoms with Crippen molar-refractivity contribution in [2.45, 2.75) is 13.0 Å². The molecule has 1 unspecified atom stereocenters. The number of thiophene rings is 1. The molecule has 1 atom stereocenters. The summed E-state index contributed by atoms with van der Waals surface area (Å²) in [5.74, 6) is 0.677.